The third-order valence-electron chi connectivity index (χ3n) is 4.64. The predicted molar refractivity (Wildman–Crippen MR) is 94.6 cm³/mol. The Morgan fingerprint density at radius 2 is 1.87 bits per heavy atom. The lowest BCUT2D eigenvalue weighted by atomic mass is 9.96. The zero-order chi connectivity index (χ0) is 16.4. The molecule has 1 N–H and O–H groups in total. The third kappa shape index (κ3) is 3.09. The van der Waals surface area contributed by atoms with Crippen LogP contribution in [0.4, 0.5) is 0 Å². The van der Waals surface area contributed by atoms with Crippen LogP contribution in [0.3, 0.4) is 0 Å². The zero-order valence-corrected chi connectivity index (χ0v) is 13.8. The first-order valence-corrected chi connectivity index (χ1v) is 8.27. The summed E-state index contributed by atoms with van der Waals surface area (Å²) in [6, 6.07) is 7.87. The van der Waals surface area contributed by atoms with Crippen LogP contribution in [-0.4, -0.2) is 29.0 Å². The molecule has 2 aromatic carbocycles. The minimum atomic E-state index is 0.0334. The van der Waals surface area contributed by atoms with E-state index in [2.05, 4.69) is 0 Å². The van der Waals surface area contributed by atoms with Crippen LogP contribution in [0.15, 0.2) is 30.3 Å². The van der Waals surface area contributed by atoms with Gasteiger partial charge in [-0.25, -0.2) is 0 Å². The molecule has 3 nitrogen and oxygen atoms in total. The Kier molecular flexibility index (Phi) is 4.37. The van der Waals surface area contributed by atoms with E-state index < -0.39 is 0 Å². The number of amides is 1. The highest BCUT2D eigenvalue weighted by Gasteiger charge is 2.14. The van der Waals surface area contributed by atoms with Gasteiger partial charge in [-0.2, -0.15) is 0 Å². The zero-order valence-electron chi connectivity index (χ0n) is 13.8. The molecule has 0 aliphatic carbocycles. The van der Waals surface area contributed by atoms with E-state index in [-0.39, 0.29) is 11.7 Å². The fourth-order valence-electron chi connectivity index (χ4n) is 3.43. The maximum absolute atomic E-state index is 12.2. The lowest BCUT2D eigenvalue weighted by Gasteiger charge is -2.25. The number of likely N-dealkylation sites (tertiary alicyclic amines) is 1. The summed E-state index contributed by atoms with van der Waals surface area (Å²) in [7, 11) is 0. The molecule has 3 heteroatoms. The van der Waals surface area contributed by atoms with Crippen molar-refractivity contribution in [2.24, 2.45) is 0 Å². The molecule has 1 aliphatic rings. The molecule has 2 aromatic rings. The second kappa shape index (κ2) is 6.45. The van der Waals surface area contributed by atoms with Gasteiger partial charge in [0.15, 0.2) is 0 Å². The maximum Gasteiger partial charge on any atom is 0.246 e. The highest BCUT2D eigenvalue weighted by atomic mass is 16.3. The van der Waals surface area contributed by atoms with Crippen LogP contribution in [0.5, 0.6) is 5.75 Å². The largest absolute Gasteiger partial charge is 0.507 e. The van der Waals surface area contributed by atoms with E-state index in [1.165, 1.54) is 6.42 Å². The number of phenols is 1. The highest BCUT2D eigenvalue weighted by molar-refractivity contribution is 5.98. The number of fused-ring (bicyclic) bond motifs is 1. The molecule has 1 heterocycles. The summed E-state index contributed by atoms with van der Waals surface area (Å²) in [5.41, 5.74) is 2.96. The van der Waals surface area contributed by atoms with Crippen LogP contribution in [0, 0.1) is 13.8 Å². The van der Waals surface area contributed by atoms with E-state index in [0.717, 1.165) is 47.8 Å². The second-order valence-electron chi connectivity index (χ2n) is 6.35. The molecule has 1 amide bonds. The average molecular weight is 309 g/mol. The van der Waals surface area contributed by atoms with Crippen molar-refractivity contribution in [3.05, 3.63) is 47.0 Å². The number of piperidine rings is 1. The quantitative estimate of drug-likeness (QED) is 0.845. The molecule has 1 fully saturated rings. The molecule has 0 atom stereocenters. The molecule has 0 bridgehead atoms. The maximum atomic E-state index is 12.2. The van der Waals surface area contributed by atoms with Gasteiger partial charge >= 0.3 is 0 Å². The molecule has 1 aliphatic heterocycles. The van der Waals surface area contributed by atoms with Crippen molar-refractivity contribution in [3.8, 4) is 5.75 Å². The standard InChI is InChI=1S/C20H23NO2/c1-14-7-6-8-17-19(14)15(2)13-16(20(17)23)9-10-18(22)21-11-4-3-5-12-21/h6-10,13,23H,3-5,11-12H2,1-2H3/b10-9+. The van der Waals surface area contributed by atoms with Gasteiger partial charge in [-0.1, -0.05) is 18.2 Å². The van der Waals surface area contributed by atoms with Gasteiger partial charge in [0.25, 0.3) is 0 Å². The molecule has 0 saturated carbocycles. The van der Waals surface area contributed by atoms with Gasteiger partial charge < -0.3 is 10.0 Å². The smallest absolute Gasteiger partial charge is 0.246 e. The Bertz CT molecular complexity index is 771. The van der Waals surface area contributed by atoms with Crippen LogP contribution in [0.2, 0.25) is 0 Å². The van der Waals surface area contributed by atoms with Crippen molar-refractivity contribution in [2.75, 3.05) is 13.1 Å². The molecule has 0 radical (unpaired) electrons. The van der Waals surface area contributed by atoms with Gasteiger partial charge in [-0.05, 0) is 61.8 Å². The van der Waals surface area contributed by atoms with Crippen LogP contribution in [-0.2, 0) is 4.79 Å². The van der Waals surface area contributed by atoms with E-state index in [1.54, 1.807) is 12.2 Å². The van der Waals surface area contributed by atoms with Crippen molar-refractivity contribution in [1.29, 1.82) is 0 Å². The normalized spacial score (nSPS) is 15.5. The van der Waals surface area contributed by atoms with Crippen molar-refractivity contribution in [1.82, 2.24) is 4.90 Å². The minimum Gasteiger partial charge on any atom is -0.507 e. The van der Waals surface area contributed by atoms with E-state index in [0.29, 0.717) is 5.56 Å². The third-order valence-corrected chi connectivity index (χ3v) is 4.64. The number of carbonyl (C=O) groups excluding carboxylic acids is 1. The monoisotopic (exact) mass is 309 g/mol. The van der Waals surface area contributed by atoms with Crippen LogP contribution in [0.1, 0.15) is 36.0 Å². The average Bonchev–Trinajstić information content (AvgIpc) is 2.57. The number of aryl methyl sites for hydroxylation is 2. The number of carbonyl (C=O) groups is 1. The van der Waals surface area contributed by atoms with Gasteiger partial charge in [-0.3, -0.25) is 4.79 Å². The molecular weight excluding hydrogens is 286 g/mol. The molecule has 23 heavy (non-hydrogen) atoms. The Balaban J connectivity index is 1.92. The van der Waals surface area contributed by atoms with Crippen molar-refractivity contribution in [2.45, 2.75) is 33.1 Å². The molecule has 3 rings (SSSR count). The number of phenolic OH excluding ortho intramolecular Hbond substituents is 1. The summed E-state index contributed by atoms with van der Waals surface area (Å²) in [6.45, 7) is 5.76. The molecule has 1 saturated heterocycles. The minimum absolute atomic E-state index is 0.0334. The van der Waals surface area contributed by atoms with Crippen LogP contribution in [0.25, 0.3) is 16.8 Å². The number of rotatable bonds is 2. The van der Waals surface area contributed by atoms with Gasteiger partial charge in [0, 0.05) is 30.1 Å². The van der Waals surface area contributed by atoms with E-state index in [9.17, 15) is 9.90 Å². The first kappa shape index (κ1) is 15.6. The van der Waals surface area contributed by atoms with Crippen LogP contribution >= 0.6 is 0 Å². The fourth-order valence-corrected chi connectivity index (χ4v) is 3.43. The summed E-state index contributed by atoms with van der Waals surface area (Å²) in [5, 5.41) is 12.5. The van der Waals surface area contributed by atoms with E-state index in [1.807, 2.05) is 43.0 Å². The Hall–Kier alpha value is -2.29. The predicted octanol–water partition coefficient (Wildman–Crippen LogP) is 4.19. The Labute approximate surface area is 137 Å². The topological polar surface area (TPSA) is 40.5 Å². The van der Waals surface area contributed by atoms with Gasteiger partial charge in [0.2, 0.25) is 5.91 Å². The van der Waals surface area contributed by atoms with E-state index >= 15 is 0 Å². The first-order valence-electron chi connectivity index (χ1n) is 8.27. The molecule has 0 unspecified atom stereocenters. The lowest BCUT2D eigenvalue weighted by Crippen LogP contribution is -2.34. The summed E-state index contributed by atoms with van der Waals surface area (Å²) in [5.74, 6) is 0.281. The summed E-state index contributed by atoms with van der Waals surface area (Å²) in [6.07, 6.45) is 6.69. The molecule has 120 valence electrons. The van der Waals surface area contributed by atoms with Crippen molar-refractivity contribution < 1.29 is 9.90 Å². The summed E-state index contributed by atoms with van der Waals surface area (Å²) >= 11 is 0. The van der Waals surface area contributed by atoms with Crippen molar-refractivity contribution in [3.63, 3.8) is 0 Å². The fraction of sp³-hybridized carbons (Fsp3) is 0.350. The molecular formula is C20H23NO2. The highest BCUT2D eigenvalue weighted by Crippen LogP contribution is 2.34. The SMILES string of the molecule is Cc1cccc2c(O)c(/C=C/C(=O)N3CCCCC3)cc(C)c12. The summed E-state index contributed by atoms with van der Waals surface area (Å²) < 4.78 is 0. The van der Waals surface area contributed by atoms with E-state index in [4.69, 9.17) is 0 Å². The first-order chi connectivity index (χ1) is 11.1. The van der Waals surface area contributed by atoms with Crippen LogP contribution < -0.4 is 0 Å². The molecule has 0 spiro atoms. The second-order valence-corrected chi connectivity index (χ2v) is 6.35. The number of hydrogen-bond acceptors (Lipinski definition) is 2. The molecule has 0 aromatic heterocycles. The van der Waals surface area contributed by atoms with Crippen molar-refractivity contribution >= 4 is 22.8 Å². The van der Waals surface area contributed by atoms with Gasteiger partial charge in [0.1, 0.15) is 5.75 Å². The Morgan fingerprint density at radius 3 is 2.61 bits per heavy atom. The van der Waals surface area contributed by atoms with Gasteiger partial charge in [-0.15, -0.1) is 0 Å². The summed E-state index contributed by atoms with van der Waals surface area (Å²) in [4.78, 5) is 14.1. The Morgan fingerprint density at radius 1 is 1.13 bits per heavy atom. The lowest BCUT2D eigenvalue weighted by molar-refractivity contribution is -0.126. The van der Waals surface area contributed by atoms with Gasteiger partial charge in [0.05, 0.1) is 0 Å². The number of aromatic hydroxyl groups is 1. The number of hydrogen-bond donors (Lipinski definition) is 1. The number of benzene rings is 2. The number of nitrogens with zero attached hydrogens (tertiary/aromatic N) is 1.